The Labute approximate surface area is 386 Å². The molecule has 0 unspecified atom stereocenters. The Kier molecular flexibility index (Phi) is 8.41. The lowest BCUT2D eigenvalue weighted by Gasteiger charge is -2.63. The molecule has 65 heavy (non-hydrogen) atoms. The first-order valence-corrected chi connectivity index (χ1v) is 24.7. The van der Waals surface area contributed by atoms with Crippen LogP contribution >= 0.6 is 0 Å². The van der Waals surface area contributed by atoms with Crippen LogP contribution in [0.3, 0.4) is 0 Å². The van der Waals surface area contributed by atoms with E-state index in [0.717, 1.165) is 29.0 Å². The van der Waals surface area contributed by atoms with Crippen molar-refractivity contribution >= 4 is 17.1 Å². The third kappa shape index (κ3) is 5.58. The Morgan fingerprint density at radius 2 is 1.03 bits per heavy atom. The minimum Gasteiger partial charge on any atom is -0.456 e. The number of fused-ring (bicyclic) bond motifs is 6. The molecule has 2 nitrogen and oxygen atoms in total. The molecule has 4 fully saturated rings. The zero-order chi connectivity index (χ0) is 44.0. The minimum atomic E-state index is -0.138. The number of rotatable bonds is 5. The summed E-state index contributed by atoms with van der Waals surface area (Å²) >= 11 is 0. The first-order valence-electron chi connectivity index (χ1n) is 24.7. The molecular formula is C63H61NO. The Balaban J connectivity index is 1.10. The molecule has 0 N–H and O–H groups in total. The Morgan fingerprint density at radius 1 is 0.462 bits per heavy atom. The lowest BCUT2D eigenvalue weighted by atomic mass is 9.41. The summed E-state index contributed by atoms with van der Waals surface area (Å²) in [7, 11) is 0. The number of hydrogen-bond acceptors (Lipinski definition) is 2. The molecule has 7 aromatic rings. The topological polar surface area (TPSA) is 12.5 Å². The van der Waals surface area contributed by atoms with Gasteiger partial charge in [-0.3, -0.25) is 0 Å². The molecule has 6 aliphatic carbocycles. The normalized spacial score (nSPS) is 25.2. The minimum absolute atomic E-state index is 0.0569. The molecule has 14 rings (SSSR count). The molecule has 2 heteroatoms. The van der Waals surface area contributed by atoms with Crippen LogP contribution in [0.1, 0.15) is 120 Å². The van der Waals surface area contributed by atoms with E-state index in [9.17, 15) is 0 Å². The van der Waals surface area contributed by atoms with Crippen LogP contribution in [0, 0.1) is 23.7 Å². The highest BCUT2D eigenvalue weighted by Crippen LogP contribution is 2.71. The van der Waals surface area contributed by atoms with Gasteiger partial charge in [0.2, 0.25) is 0 Å². The smallest absolute Gasteiger partial charge is 0.141 e. The summed E-state index contributed by atoms with van der Waals surface area (Å²) in [6.45, 7) is 14.6. The van der Waals surface area contributed by atoms with Crippen molar-refractivity contribution in [1.29, 1.82) is 0 Å². The van der Waals surface area contributed by atoms with Crippen LogP contribution in [0.4, 0.5) is 17.1 Å². The van der Waals surface area contributed by atoms with E-state index in [1.54, 1.807) is 0 Å². The van der Waals surface area contributed by atoms with Crippen molar-refractivity contribution in [2.75, 3.05) is 4.90 Å². The molecule has 324 valence electrons. The highest BCUT2D eigenvalue weighted by molar-refractivity contribution is 5.95. The average molecular weight is 848 g/mol. The number of hydrogen-bond donors (Lipinski definition) is 0. The quantitative estimate of drug-likeness (QED) is 0.171. The summed E-state index contributed by atoms with van der Waals surface area (Å²) in [5.41, 5.74) is 19.7. The largest absolute Gasteiger partial charge is 0.456 e. The average Bonchev–Trinajstić information content (AvgIpc) is 3.54. The highest BCUT2D eigenvalue weighted by atomic mass is 16.5. The van der Waals surface area contributed by atoms with Crippen LogP contribution in [-0.2, 0) is 21.7 Å². The summed E-state index contributed by atoms with van der Waals surface area (Å²) in [5, 5.41) is 0. The monoisotopic (exact) mass is 847 g/mol. The van der Waals surface area contributed by atoms with Gasteiger partial charge in [-0.05, 0) is 166 Å². The van der Waals surface area contributed by atoms with Gasteiger partial charge in [-0.2, -0.15) is 0 Å². The van der Waals surface area contributed by atoms with Crippen molar-refractivity contribution in [3.63, 3.8) is 0 Å². The van der Waals surface area contributed by atoms with Gasteiger partial charge in [0, 0.05) is 38.9 Å². The molecule has 0 atom stereocenters. The Morgan fingerprint density at radius 3 is 1.74 bits per heavy atom. The second-order valence-electron chi connectivity index (χ2n) is 22.8. The van der Waals surface area contributed by atoms with Gasteiger partial charge in [-0.25, -0.2) is 0 Å². The van der Waals surface area contributed by atoms with Crippen LogP contribution in [0.5, 0.6) is 11.5 Å². The van der Waals surface area contributed by atoms with Crippen molar-refractivity contribution < 1.29 is 4.74 Å². The SMILES string of the molecule is CC1(C)CCC(C)(C)c2cc(N(c3ccc4c(c3)C(C)(C)c3ccccc3-4)c3ccc4c(c3-c3ccccc3)Oc3cccc(-c5ccccc5)c3C43C4CC5CC(C4)CC3C5)ccc21. The zero-order valence-electron chi connectivity index (χ0n) is 39.0. The molecule has 4 bridgehead atoms. The molecule has 7 aromatic carbocycles. The lowest BCUT2D eigenvalue weighted by molar-refractivity contribution is -0.0449. The zero-order valence-corrected chi connectivity index (χ0v) is 39.0. The number of anilines is 3. The summed E-state index contributed by atoms with van der Waals surface area (Å²) < 4.78 is 7.69. The molecule has 0 radical (unpaired) electrons. The van der Waals surface area contributed by atoms with Gasteiger partial charge in [0.15, 0.2) is 0 Å². The first kappa shape index (κ1) is 39.5. The maximum Gasteiger partial charge on any atom is 0.141 e. The summed E-state index contributed by atoms with van der Waals surface area (Å²) in [6.07, 6.45) is 8.99. The molecule has 1 aliphatic heterocycles. The van der Waals surface area contributed by atoms with Gasteiger partial charge in [0.25, 0.3) is 0 Å². The molecule has 4 saturated carbocycles. The van der Waals surface area contributed by atoms with E-state index < -0.39 is 0 Å². The van der Waals surface area contributed by atoms with E-state index in [2.05, 4.69) is 198 Å². The fourth-order valence-electron chi connectivity index (χ4n) is 15.0. The van der Waals surface area contributed by atoms with E-state index in [-0.39, 0.29) is 21.7 Å². The number of nitrogens with zero attached hydrogens (tertiary/aromatic N) is 1. The van der Waals surface area contributed by atoms with E-state index in [4.69, 9.17) is 4.74 Å². The van der Waals surface area contributed by atoms with Crippen molar-refractivity contribution in [3.05, 3.63) is 185 Å². The van der Waals surface area contributed by atoms with Crippen molar-refractivity contribution in [2.45, 2.75) is 108 Å². The Hall–Kier alpha value is -5.86. The molecule has 7 aliphatic rings. The van der Waals surface area contributed by atoms with Gasteiger partial charge in [-0.1, -0.05) is 157 Å². The number of ether oxygens (including phenoxy) is 1. The summed E-state index contributed by atoms with van der Waals surface area (Å²) in [5.74, 6) is 4.90. The molecule has 0 aromatic heterocycles. The second-order valence-corrected chi connectivity index (χ2v) is 22.8. The van der Waals surface area contributed by atoms with E-state index in [1.807, 2.05) is 0 Å². The third-order valence-electron chi connectivity index (χ3n) is 18.0. The third-order valence-corrected chi connectivity index (χ3v) is 18.0. The van der Waals surface area contributed by atoms with Gasteiger partial charge in [-0.15, -0.1) is 0 Å². The van der Waals surface area contributed by atoms with Crippen molar-refractivity contribution in [3.8, 4) is 44.9 Å². The lowest BCUT2D eigenvalue weighted by Crippen LogP contribution is -2.57. The van der Waals surface area contributed by atoms with Crippen molar-refractivity contribution in [1.82, 2.24) is 0 Å². The molecule has 1 heterocycles. The highest BCUT2D eigenvalue weighted by Gasteiger charge is 2.62. The predicted molar refractivity (Wildman–Crippen MR) is 269 cm³/mol. The molecule has 0 amide bonds. The maximum atomic E-state index is 7.69. The van der Waals surface area contributed by atoms with Gasteiger partial charge in [0.1, 0.15) is 11.5 Å². The van der Waals surface area contributed by atoms with Gasteiger partial charge < -0.3 is 9.64 Å². The van der Waals surface area contributed by atoms with E-state index in [1.165, 1.54) is 123 Å². The van der Waals surface area contributed by atoms with Gasteiger partial charge in [0.05, 0.1) is 5.69 Å². The molecule has 0 saturated heterocycles. The fourth-order valence-corrected chi connectivity index (χ4v) is 15.0. The van der Waals surface area contributed by atoms with Crippen LogP contribution in [0.25, 0.3) is 33.4 Å². The van der Waals surface area contributed by atoms with Crippen LogP contribution in [0.2, 0.25) is 0 Å². The van der Waals surface area contributed by atoms with Crippen molar-refractivity contribution in [2.24, 2.45) is 23.7 Å². The molecular weight excluding hydrogens is 787 g/mol. The first-order chi connectivity index (χ1) is 31.4. The fraction of sp³-hybridized carbons (Fsp3) is 0.333. The number of benzene rings is 7. The predicted octanol–water partition coefficient (Wildman–Crippen LogP) is 17.0. The van der Waals surface area contributed by atoms with E-state index >= 15 is 0 Å². The van der Waals surface area contributed by atoms with Crippen LogP contribution < -0.4 is 9.64 Å². The van der Waals surface area contributed by atoms with Gasteiger partial charge >= 0.3 is 0 Å². The second kappa shape index (κ2) is 13.8. The van der Waals surface area contributed by atoms with E-state index in [0.29, 0.717) is 11.8 Å². The summed E-state index contributed by atoms with van der Waals surface area (Å²) in [6, 6.07) is 58.2. The Bertz CT molecular complexity index is 3030. The maximum absolute atomic E-state index is 7.69. The summed E-state index contributed by atoms with van der Waals surface area (Å²) in [4.78, 5) is 2.60. The van der Waals surface area contributed by atoms with Crippen LogP contribution in [0.15, 0.2) is 152 Å². The molecule has 1 spiro atoms. The standard InChI is InChI=1S/C63H61NO/c1-60(2)30-31-61(3,4)54-38-46(25-27-51(54)60)64(45-24-26-49-48-20-13-14-22-50(48)62(5,6)53(49)37-45)55-29-28-52-59(57(55)42-18-11-8-12-19-42)65-56-23-15-21-47(41-16-9-7-10-17-41)58(56)63(52)43-33-39-32-40(35-43)36-44(63)34-39/h7-29,37-40,43-44H,30-36H2,1-6H3. The van der Waals surface area contributed by atoms with Crippen LogP contribution in [-0.4, -0.2) is 0 Å².